The molecule has 5 rings (SSSR count). The van der Waals surface area contributed by atoms with Crippen LogP contribution in [0, 0.1) is 5.41 Å². The predicted octanol–water partition coefficient (Wildman–Crippen LogP) is 3.60. The number of carbonyl (C=O) groups excluding carboxylic acids is 2. The largest absolute Gasteiger partial charge is 0.384 e. The number of anilines is 1. The topological polar surface area (TPSA) is 130 Å². The van der Waals surface area contributed by atoms with Crippen LogP contribution in [0.25, 0.3) is 10.9 Å². The van der Waals surface area contributed by atoms with Gasteiger partial charge in [-0.1, -0.05) is 36.4 Å². The minimum absolute atomic E-state index is 0.0376. The summed E-state index contributed by atoms with van der Waals surface area (Å²) in [5.41, 5.74) is 16.6. The second kappa shape index (κ2) is 10.2. The first-order valence-corrected chi connectivity index (χ1v) is 12.4. The van der Waals surface area contributed by atoms with E-state index in [1.165, 1.54) is 18.5 Å². The van der Waals surface area contributed by atoms with Crippen molar-refractivity contribution < 1.29 is 9.59 Å². The Morgan fingerprint density at radius 3 is 2.30 bits per heavy atom. The van der Waals surface area contributed by atoms with Crippen LogP contribution in [0.15, 0.2) is 72.8 Å². The van der Waals surface area contributed by atoms with Gasteiger partial charge in [0, 0.05) is 53.9 Å². The molecule has 0 saturated carbocycles. The third kappa shape index (κ3) is 5.18. The molecular formula is C29H30N6O2. The van der Waals surface area contributed by atoms with E-state index in [0.717, 1.165) is 35.1 Å². The number of nitrogens with one attached hydrogen (secondary N) is 2. The summed E-state index contributed by atoms with van der Waals surface area (Å²) >= 11 is 0. The molecule has 8 heteroatoms. The molecule has 1 saturated heterocycles. The standard InChI is InChI=1S/C29H30N6O2/c30-27(31)23-11-10-22-15-26(35(25(22)16-23)18-19-6-8-21(9-7-19)28(32)36)29(37)33-17-20-4-3-5-24(14-20)34-12-1-2-13-34/h3-11,14-16H,1-2,12-13,17-18H2,(H3,30,31)(H2,32,36)(H,33,37). The molecular weight excluding hydrogens is 464 g/mol. The van der Waals surface area contributed by atoms with Gasteiger partial charge in [-0.3, -0.25) is 15.0 Å². The van der Waals surface area contributed by atoms with Crippen LogP contribution in [0.4, 0.5) is 5.69 Å². The number of nitrogen functional groups attached to an aromatic ring is 1. The number of hydrogen-bond donors (Lipinski definition) is 4. The van der Waals surface area contributed by atoms with Gasteiger partial charge < -0.3 is 26.3 Å². The molecule has 2 amide bonds. The van der Waals surface area contributed by atoms with Gasteiger partial charge in [0.25, 0.3) is 5.91 Å². The Morgan fingerprint density at radius 1 is 0.865 bits per heavy atom. The maximum atomic E-state index is 13.4. The van der Waals surface area contributed by atoms with Crippen LogP contribution in [-0.4, -0.2) is 35.3 Å². The third-order valence-corrected chi connectivity index (χ3v) is 6.86. The van der Waals surface area contributed by atoms with E-state index in [4.69, 9.17) is 16.9 Å². The molecule has 6 N–H and O–H groups in total. The summed E-state index contributed by atoms with van der Waals surface area (Å²) in [7, 11) is 0. The number of carbonyl (C=O) groups is 2. The quantitative estimate of drug-likeness (QED) is 0.220. The van der Waals surface area contributed by atoms with Crippen LogP contribution in [0.5, 0.6) is 0 Å². The zero-order valence-corrected chi connectivity index (χ0v) is 20.5. The number of hydrogen-bond acceptors (Lipinski definition) is 4. The van der Waals surface area contributed by atoms with Gasteiger partial charge >= 0.3 is 0 Å². The fourth-order valence-corrected chi connectivity index (χ4v) is 4.85. The third-order valence-electron chi connectivity index (χ3n) is 6.86. The first kappa shape index (κ1) is 24.1. The van der Waals surface area contributed by atoms with E-state index in [0.29, 0.717) is 29.9 Å². The number of aromatic nitrogens is 1. The second-order valence-corrected chi connectivity index (χ2v) is 9.41. The van der Waals surface area contributed by atoms with E-state index in [1.54, 1.807) is 18.2 Å². The van der Waals surface area contributed by atoms with Crippen LogP contribution in [0.3, 0.4) is 0 Å². The lowest BCUT2D eigenvalue weighted by atomic mass is 10.1. The van der Waals surface area contributed by atoms with Crippen molar-refractivity contribution in [2.75, 3.05) is 18.0 Å². The molecule has 1 aromatic heterocycles. The van der Waals surface area contributed by atoms with Crippen molar-refractivity contribution in [2.45, 2.75) is 25.9 Å². The Bertz CT molecular complexity index is 1480. The molecule has 2 heterocycles. The first-order valence-electron chi connectivity index (χ1n) is 12.4. The van der Waals surface area contributed by atoms with E-state index < -0.39 is 5.91 Å². The van der Waals surface area contributed by atoms with Gasteiger partial charge in [-0.2, -0.15) is 0 Å². The molecule has 0 aliphatic carbocycles. The summed E-state index contributed by atoms with van der Waals surface area (Å²) in [4.78, 5) is 27.3. The highest BCUT2D eigenvalue weighted by Gasteiger charge is 2.18. The van der Waals surface area contributed by atoms with Crippen molar-refractivity contribution in [3.63, 3.8) is 0 Å². The van der Waals surface area contributed by atoms with E-state index in [1.807, 2.05) is 47.0 Å². The van der Waals surface area contributed by atoms with Crippen molar-refractivity contribution >= 4 is 34.2 Å². The zero-order valence-electron chi connectivity index (χ0n) is 20.5. The molecule has 1 aliphatic rings. The normalized spacial score (nSPS) is 13.1. The molecule has 37 heavy (non-hydrogen) atoms. The van der Waals surface area contributed by atoms with E-state index in [-0.39, 0.29) is 11.7 Å². The van der Waals surface area contributed by atoms with Crippen LogP contribution >= 0.6 is 0 Å². The number of nitrogens with two attached hydrogens (primary N) is 2. The summed E-state index contributed by atoms with van der Waals surface area (Å²) < 4.78 is 1.91. The average molecular weight is 495 g/mol. The monoisotopic (exact) mass is 494 g/mol. The highest BCUT2D eigenvalue weighted by molar-refractivity contribution is 6.02. The van der Waals surface area contributed by atoms with Gasteiger partial charge in [0.1, 0.15) is 11.5 Å². The lowest BCUT2D eigenvalue weighted by Gasteiger charge is -2.18. The Hall–Kier alpha value is -4.59. The summed E-state index contributed by atoms with van der Waals surface area (Å²) in [5, 5.41) is 11.8. The number of amides is 2. The molecule has 0 unspecified atom stereocenters. The van der Waals surface area contributed by atoms with Crippen LogP contribution in [0.1, 0.15) is 50.4 Å². The lowest BCUT2D eigenvalue weighted by molar-refractivity contribution is 0.0941. The average Bonchev–Trinajstić information content (AvgIpc) is 3.56. The predicted molar refractivity (Wildman–Crippen MR) is 146 cm³/mol. The minimum atomic E-state index is -0.488. The Balaban J connectivity index is 1.43. The SMILES string of the molecule is N=C(N)c1ccc2cc(C(=O)NCc3cccc(N4CCCC4)c3)n(Cc3ccc(C(N)=O)cc3)c2c1. The number of benzene rings is 3. The second-order valence-electron chi connectivity index (χ2n) is 9.41. The van der Waals surface area contributed by atoms with Crippen molar-refractivity contribution in [1.29, 1.82) is 5.41 Å². The first-order chi connectivity index (χ1) is 17.9. The van der Waals surface area contributed by atoms with Crippen LogP contribution in [-0.2, 0) is 13.1 Å². The van der Waals surface area contributed by atoms with Crippen molar-refractivity contribution in [2.24, 2.45) is 11.5 Å². The van der Waals surface area contributed by atoms with Gasteiger partial charge in [0.05, 0.1) is 0 Å². The molecule has 0 bridgehead atoms. The summed E-state index contributed by atoms with van der Waals surface area (Å²) in [6.07, 6.45) is 2.42. The summed E-state index contributed by atoms with van der Waals surface area (Å²) in [6, 6.07) is 22.6. The fourth-order valence-electron chi connectivity index (χ4n) is 4.85. The molecule has 0 radical (unpaired) electrons. The highest BCUT2D eigenvalue weighted by Crippen LogP contribution is 2.24. The van der Waals surface area contributed by atoms with Crippen molar-refractivity contribution in [3.8, 4) is 0 Å². The smallest absolute Gasteiger partial charge is 0.268 e. The maximum absolute atomic E-state index is 13.4. The molecule has 0 spiro atoms. The lowest BCUT2D eigenvalue weighted by Crippen LogP contribution is -2.26. The molecule has 8 nitrogen and oxygen atoms in total. The molecule has 4 aromatic rings. The molecule has 0 atom stereocenters. The maximum Gasteiger partial charge on any atom is 0.268 e. The molecule has 1 fully saturated rings. The van der Waals surface area contributed by atoms with Crippen LogP contribution < -0.4 is 21.7 Å². The van der Waals surface area contributed by atoms with Gasteiger partial charge in [0.2, 0.25) is 5.91 Å². The number of nitrogens with zero attached hydrogens (tertiary/aromatic N) is 2. The number of amidine groups is 1. The Morgan fingerprint density at radius 2 is 1.59 bits per heavy atom. The minimum Gasteiger partial charge on any atom is -0.384 e. The van der Waals surface area contributed by atoms with Gasteiger partial charge in [0.15, 0.2) is 0 Å². The Labute approximate surface area is 215 Å². The Kier molecular flexibility index (Phi) is 6.64. The molecule has 188 valence electrons. The van der Waals surface area contributed by atoms with Gasteiger partial charge in [-0.15, -0.1) is 0 Å². The summed E-state index contributed by atoms with van der Waals surface area (Å²) in [6.45, 7) is 2.95. The van der Waals surface area contributed by atoms with E-state index in [9.17, 15) is 9.59 Å². The van der Waals surface area contributed by atoms with Gasteiger partial charge in [-0.25, -0.2) is 0 Å². The van der Waals surface area contributed by atoms with Gasteiger partial charge in [-0.05, 0) is 60.4 Å². The van der Waals surface area contributed by atoms with Crippen LogP contribution in [0.2, 0.25) is 0 Å². The van der Waals surface area contributed by atoms with E-state index in [2.05, 4.69) is 22.3 Å². The zero-order chi connectivity index (χ0) is 25.9. The van der Waals surface area contributed by atoms with Crippen molar-refractivity contribution in [3.05, 3.63) is 101 Å². The fraction of sp³-hybridized carbons (Fsp3) is 0.207. The number of rotatable bonds is 8. The number of primary amides is 1. The number of fused-ring (bicyclic) bond motifs is 1. The van der Waals surface area contributed by atoms with E-state index >= 15 is 0 Å². The highest BCUT2D eigenvalue weighted by atomic mass is 16.2. The summed E-state index contributed by atoms with van der Waals surface area (Å²) in [5.74, 6) is -0.719. The van der Waals surface area contributed by atoms with Crippen molar-refractivity contribution in [1.82, 2.24) is 9.88 Å². The molecule has 1 aliphatic heterocycles. The molecule has 3 aromatic carbocycles.